The summed E-state index contributed by atoms with van der Waals surface area (Å²) in [5, 5.41) is 4.13. The van der Waals surface area contributed by atoms with Crippen LogP contribution in [0.3, 0.4) is 0 Å². The van der Waals surface area contributed by atoms with Gasteiger partial charge in [0, 0.05) is 33.4 Å². The van der Waals surface area contributed by atoms with Crippen LogP contribution in [0, 0.1) is 0 Å². The second-order valence-corrected chi connectivity index (χ2v) is 7.45. The first-order chi connectivity index (χ1) is 9.10. The summed E-state index contributed by atoms with van der Waals surface area (Å²) in [4.78, 5) is 0. The van der Waals surface area contributed by atoms with Crippen molar-refractivity contribution in [1.29, 1.82) is 0 Å². The Morgan fingerprint density at radius 3 is 2.79 bits per heavy atom. The third-order valence-corrected chi connectivity index (χ3v) is 5.23. The predicted octanol–water partition coefficient (Wildman–Crippen LogP) is 3.82. The first-order valence-corrected chi connectivity index (χ1v) is 8.99. The lowest BCUT2D eigenvalue weighted by atomic mass is 10.1. The monoisotopic (exact) mass is 365 g/mol. The maximum Gasteiger partial charge on any atom is 0.156 e. The SMILES string of the molecule is CCOc1c(Br)cc(Cl)cc1NC1CCS(=O)CC1. The fourth-order valence-electron chi connectivity index (χ4n) is 2.12. The van der Waals surface area contributed by atoms with Gasteiger partial charge in [0.25, 0.3) is 0 Å². The van der Waals surface area contributed by atoms with Crippen molar-refractivity contribution >= 4 is 44.0 Å². The van der Waals surface area contributed by atoms with E-state index in [4.69, 9.17) is 16.3 Å². The van der Waals surface area contributed by atoms with Crippen LogP contribution in [0.25, 0.3) is 0 Å². The highest BCUT2D eigenvalue weighted by molar-refractivity contribution is 9.10. The summed E-state index contributed by atoms with van der Waals surface area (Å²) in [5.41, 5.74) is 0.902. The molecular formula is C13H17BrClNO2S. The van der Waals surface area contributed by atoms with Gasteiger partial charge in [0.05, 0.1) is 16.8 Å². The van der Waals surface area contributed by atoms with Gasteiger partial charge in [-0.25, -0.2) is 0 Å². The Hall–Kier alpha value is -0.260. The Labute approximate surface area is 129 Å². The van der Waals surface area contributed by atoms with E-state index in [9.17, 15) is 4.21 Å². The zero-order valence-electron chi connectivity index (χ0n) is 10.7. The van der Waals surface area contributed by atoms with Gasteiger partial charge < -0.3 is 10.1 Å². The average Bonchev–Trinajstić information content (AvgIpc) is 2.36. The molecule has 106 valence electrons. The highest BCUT2D eigenvalue weighted by Crippen LogP contribution is 2.37. The number of rotatable bonds is 4. The van der Waals surface area contributed by atoms with Gasteiger partial charge in [-0.1, -0.05) is 11.6 Å². The Balaban J connectivity index is 2.16. The van der Waals surface area contributed by atoms with Gasteiger partial charge in [-0.3, -0.25) is 4.21 Å². The molecule has 1 saturated heterocycles. The minimum atomic E-state index is -0.643. The maximum atomic E-state index is 11.4. The molecule has 1 N–H and O–H groups in total. The van der Waals surface area contributed by atoms with Gasteiger partial charge in [0.15, 0.2) is 5.75 Å². The fraction of sp³-hybridized carbons (Fsp3) is 0.538. The van der Waals surface area contributed by atoms with E-state index in [1.165, 1.54) is 0 Å². The topological polar surface area (TPSA) is 38.3 Å². The van der Waals surface area contributed by atoms with Crippen LogP contribution in [-0.2, 0) is 10.8 Å². The lowest BCUT2D eigenvalue weighted by Crippen LogP contribution is -2.29. The molecule has 0 amide bonds. The van der Waals surface area contributed by atoms with Crippen LogP contribution >= 0.6 is 27.5 Å². The van der Waals surface area contributed by atoms with Gasteiger partial charge in [0.2, 0.25) is 0 Å². The smallest absolute Gasteiger partial charge is 0.156 e. The van der Waals surface area contributed by atoms with Gasteiger partial charge in [0.1, 0.15) is 0 Å². The molecule has 0 saturated carbocycles. The number of halogens is 2. The number of ether oxygens (including phenoxy) is 1. The summed E-state index contributed by atoms with van der Waals surface area (Å²) in [7, 11) is -0.643. The van der Waals surface area contributed by atoms with Crippen molar-refractivity contribution in [3.05, 3.63) is 21.6 Å². The van der Waals surface area contributed by atoms with Crippen LogP contribution in [-0.4, -0.2) is 28.4 Å². The predicted molar refractivity (Wildman–Crippen MR) is 84.8 cm³/mol. The van der Waals surface area contributed by atoms with Crippen molar-refractivity contribution in [2.24, 2.45) is 0 Å². The zero-order chi connectivity index (χ0) is 13.8. The molecule has 1 aliphatic heterocycles. The van der Waals surface area contributed by atoms with E-state index in [1.807, 2.05) is 19.1 Å². The van der Waals surface area contributed by atoms with Crippen LogP contribution in [0.1, 0.15) is 19.8 Å². The number of hydrogen-bond donors (Lipinski definition) is 1. The molecule has 6 heteroatoms. The van der Waals surface area contributed by atoms with Crippen LogP contribution in [0.15, 0.2) is 16.6 Å². The number of nitrogens with one attached hydrogen (secondary N) is 1. The van der Waals surface area contributed by atoms with E-state index in [1.54, 1.807) is 0 Å². The quantitative estimate of drug-likeness (QED) is 0.880. The minimum absolute atomic E-state index is 0.335. The van der Waals surface area contributed by atoms with Crippen molar-refractivity contribution < 1.29 is 8.95 Å². The molecule has 1 aliphatic rings. The molecule has 0 unspecified atom stereocenters. The molecule has 1 aromatic rings. The van der Waals surface area contributed by atoms with Crippen LogP contribution in [0.5, 0.6) is 5.75 Å². The molecule has 0 spiro atoms. The molecular weight excluding hydrogens is 350 g/mol. The largest absolute Gasteiger partial charge is 0.491 e. The Morgan fingerprint density at radius 2 is 2.16 bits per heavy atom. The molecule has 0 aromatic heterocycles. The summed E-state index contributed by atoms with van der Waals surface area (Å²) >= 11 is 9.56. The molecule has 0 aliphatic carbocycles. The standard InChI is InChI=1S/C13H17BrClNO2S/c1-2-18-13-11(14)7-9(15)8-12(13)16-10-3-5-19(17)6-4-10/h7-8,10,16H,2-6H2,1H3. The van der Waals surface area contributed by atoms with E-state index < -0.39 is 10.8 Å². The Morgan fingerprint density at radius 1 is 1.47 bits per heavy atom. The molecule has 19 heavy (non-hydrogen) atoms. The molecule has 0 bridgehead atoms. The summed E-state index contributed by atoms with van der Waals surface area (Å²) < 4.78 is 17.9. The Kier molecular flexibility index (Phi) is 5.54. The van der Waals surface area contributed by atoms with Gasteiger partial charge in [-0.2, -0.15) is 0 Å². The van der Waals surface area contributed by atoms with Crippen molar-refractivity contribution in [2.75, 3.05) is 23.4 Å². The van der Waals surface area contributed by atoms with E-state index in [-0.39, 0.29) is 0 Å². The molecule has 0 radical (unpaired) electrons. The first-order valence-electron chi connectivity index (χ1n) is 6.33. The highest BCUT2D eigenvalue weighted by atomic mass is 79.9. The summed E-state index contributed by atoms with van der Waals surface area (Å²) in [6, 6.07) is 4.04. The van der Waals surface area contributed by atoms with Crippen molar-refractivity contribution in [1.82, 2.24) is 0 Å². The lowest BCUT2D eigenvalue weighted by Gasteiger charge is -2.25. The third-order valence-electron chi connectivity index (χ3n) is 3.04. The number of anilines is 1. The second-order valence-electron chi connectivity index (χ2n) is 4.46. The van der Waals surface area contributed by atoms with Gasteiger partial charge >= 0.3 is 0 Å². The highest BCUT2D eigenvalue weighted by Gasteiger charge is 2.20. The van der Waals surface area contributed by atoms with Crippen LogP contribution in [0.4, 0.5) is 5.69 Å². The summed E-state index contributed by atoms with van der Waals surface area (Å²) in [6.07, 6.45) is 1.84. The molecule has 1 heterocycles. The van der Waals surface area contributed by atoms with E-state index in [0.717, 1.165) is 40.3 Å². The van der Waals surface area contributed by atoms with Crippen molar-refractivity contribution in [2.45, 2.75) is 25.8 Å². The molecule has 0 atom stereocenters. The summed E-state index contributed by atoms with van der Waals surface area (Å²) in [6.45, 7) is 2.55. The molecule has 2 rings (SSSR count). The molecule has 3 nitrogen and oxygen atoms in total. The van der Waals surface area contributed by atoms with Crippen molar-refractivity contribution in [3.63, 3.8) is 0 Å². The van der Waals surface area contributed by atoms with Gasteiger partial charge in [-0.15, -0.1) is 0 Å². The zero-order valence-corrected chi connectivity index (χ0v) is 13.9. The van der Waals surface area contributed by atoms with Crippen LogP contribution < -0.4 is 10.1 Å². The minimum Gasteiger partial charge on any atom is -0.491 e. The average molecular weight is 367 g/mol. The molecule has 1 fully saturated rings. The Bertz CT molecular complexity index is 474. The normalized spacial score (nSPS) is 23.1. The third kappa shape index (κ3) is 4.10. The fourth-order valence-corrected chi connectivity index (χ4v) is 4.34. The molecule has 1 aromatic carbocycles. The first kappa shape index (κ1) is 15.1. The number of hydrogen-bond acceptors (Lipinski definition) is 3. The number of benzene rings is 1. The van der Waals surface area contributed by atoms with Crippen molar-refractivity contribution in [3.8, 4) is 5.75 Å². The summed E-state index contributed by atoms with van der Waals surface area (Å²) in [5.74, 6) is 2.32. The van der Waals surface area contributed by atoms with Crippen LogP contribution in [0.2, 0.25) is 5.02 Å². The lowest BCUT2D eigenvalue weighted by molar-refractivity contribution is 0.339. The van der Waals surface area contributed by atoms with E-state index >= 15 is 0 Å². The van der Waals surface area contributed by atoms with E-state index in [0.29, 0.717) is 17.7 Å². The maximum absolute atomic E-state index is 11.4. The second kappa shape index (κ2) is 6.95. The van der Waals surface area contributed by atoms with Gasteiger partial charge in [-0.05, 0) is 47.8 Å². The van der Waals surface area contributed by atoms with E-state index in [2.05, 4.69) is 21.2 Å².